The van der Waals surface area contributed by atoms with E-state index in [9.17, 15) is 8.42 Å². The summed E-state index contributed by atoms with van der Waals surface area (Å²) in [5.74, 6) is 0.999. The van der Waals surface area contributed by atoms with Gasteiger partial charge in [0, 0.05) is 24.5 Å². The Morgan fingerprint density at radius 1 is 1.39 bits per heavy atom. The van der Waals surface area contributed by atoms with Gasteiger partial charge in [-0.25, -0.2) is 0 Å². The summed E-state index contributed by atoms with van der Waals surface area (Å²) in [7, 11) is -1.85. The number of hydrogen-bond acceptors (Lipinski definition) is 2. The van der Waals surface area contributed by atoms with E-state index >= 15 is 0 Å². The molecule has 18 heavy (non-hydrogen) atoms. The van der Waals surface area contributed by atoms with E-state index in [4.69, 9.17) is 11.6 Å². The smallest absolute Gasteiger partial charge is 0.195 e. The molecule has 0 aromatic heterocycles. The van der Waals surface area contributed by atoms with Crippen LogP contribution in [0.1, 0.15) is 46.5 Å². The van der Waals surface area contributed by atoms with Crippen LogP contribution >= 0.6 is 11.6 Å². The lowest BCUT2D eigenvalue weighted by Crippen LogP contribution is -2.56. The van der Waals surface area contributed by atoms with Crippen LogP contribution in [-0.2, 0) is 10.2 Å². The molecule has 0 aromatic carbocycles. The fourth-order valence-electron chi connectivity index (χ4n) is 2.20. The topological polar surface area (TPSA) is 49.4 Å². The van der Waals surface area contributed by atoms with Crippen LogP contribution in [0.25, 0.3) is 0 Å². The lowest BCUT2D eigenvalue weighted by atomic mass is 9.79. The molecule has 1 saturated carbocycles. The second kappa shape index (κ2) is 6.07. The first kappa shape index (κ1) is 16.2. The maximum Gasteiger partial charge on any atom is 0.279 e. The van der Waals surface area contributed by atoms with Crippen LogP contribution in [0.2, 0.25) is 0 Å². The first-order chi connectivity index (χ1) is 8.22. The van der Waals surface area contributed by atoms with Gasteiger partial charge >= 0.3 is 0 Å². The molecular formula is C12H25ClN2O2S. The van der Waals surface area contributed by atoms with Crippen molar-refractivity contribution in [1.29, 1.82) is 0 Å². The second-order valence-corrected chi connectivity index (χ2v) is 7.81. The molecule has 0 unspecified atom stereocenters. The van der Waals surface area contributed by atoms with Gasteiger partial charge in [-0.2, -0.15) is 17.4 Å². The average Bonchev–Trinajstić information content (AvgIpc) is 2.31. The zero-order chi connectivity index (χ0) is 14.0. The fraction of sp³-hybridized carbons (Fsp3) is 1.00. The number of hydrogen-bond donors (Lipinski definition) is 1. The Bertz CT molecular complexity index is 362. The van der Waals surface area contributed by atoms with Crippen LogP contribution in [0.15, 0.2) is 0 Å². The lowest BCUT2D eigenvalue weighted by molar-refractivity contribution is 0.241. The molecule has 0 atom stereocenters. The van der Waals surface area contributed by atoms with Crippen LogP contribution in [0.5, 0.6) is 0 Å². The van der Waals surface area contributed by atoms with E-state index in [-0.39, 0.29) is 6.04 Å². The van der Waals surface area contributed by atoms with Crippen molar-refractivity contribution in [2.24, 2.45) is 5.92 Å². The van der Waals surface area contributed by atoms with Crippen molar-refractivity contribution in [3.63, 3.8) is 0 Å². The average molecular weight is 297 g/mol. The standard InChI is InChI=1S/C12H25ClN2O2S/c1-10(2)15(4)18(16,17)14-12(9-13)7-5-11(3)6-8-12/h10-11,14H,5-9H2,1-4H3. The summed E-state index contributed by atoms with van der Waals surface area (Å²) in [6.45, 7) is 5.91. The molecule has 0 spiro atoms. The second-order valence-electron chi connectivity index (χ2n) is 5.81. The molecule has 0 saturated heterocycles. The third-order valence-corrected chi connectivity index (χ3v) is 6.32. The van der Waals surface area contributed by atoms with Gasteiger partial charge in [-0.15, -0.1) is 11.6 Å². The molecule has 1 fully saturated rings. The summed E-state index contributed by atoms with van der Waals surface area (Å²) < 4.78 is 28.7. The first-order valence-electron chi connectivity index (χ1n) is 6.55. The molecule has 0 heterocycles. The molecule has 0 radical (unpaired) electrons. The molecule has 1 aliphatic rings. The Labute approximate surface area is 116 Å². The quantitative estimate of drug-likeness (QED) is 0.792. The van der Waals surface area contributed by atoms with E-state index in [1.165, 1.54) is 4.31 Å². The SMILES string of the molecule is CC1CCC(CCl)(NS(=O)(=O)N(C)C(C)C)CC1. The van der Waals surface area contributed by atoms with Gasteiger partial charge in [-0.05, 0) is 45.4 Å². The van der Waals surface area contributed by atoms with Gasteiger partial charge in [0.1, 0.15) is 0 Å². The Morgan fingerprint density at radius 2 is 1.89 bits per heavy atom. The van der Waals surface area contributed by atoms with Crippen molar-refractivity contribution in [2.45, 2.75) is 58.0 Å². The Balaban J connectivity index is 2.80. The summed E-state index contributed by atoms with van der Waals surface area (Å²) in [4.78, 5) is 0. The number of rotatable bonds is 5. The van der Waals surface area contributed by atoms with Gasteiger partial charge in [0.25, 0.3) is 10.2 Å². The zero-order valence-corrected chi connectivity index (χ0v) is 13.3. The molecule has 6 heteroatoms. The van der Waals surface area contributed by atoms with Crippen molar-refractivity contribution in [1.82, 2.24) is 9.03 Å². The normalized spacial score (nSPS) is 30.1. The Hall–Kier alpha value is 0.160. The minimum atomic E-state index is -3.45. The van der Waals surface area contributed by atoms with E-state index in [0.717, 1.165) is 25.7 Å². The summed E-state index contributed by atoms with van der Waals surface area (Å²) in [5, 5.41) is 0. The summed E-state index contributed by atoms with van der Waals surface area (Å²) >= 11 is 6.03. The summed E-state index contributed by atoms with van der Waals surface area (Å²) in [5.41, 5.74) is -0.462. The van der Waals surface area contributed by atoms with E-state index in [1.807, 2.05) is 13.8 Å². The third kappa shape index (κ3) is 3.83. The predicted molar refractivity (Wildman–Crippen MR) is 76.0 cm³/mol. The molecule has 0 aliphatic heterocycles. The highest BCUT2D eigenvalue weighted by Crippen LogP contribution is 2.33. The van der Waals surface area contributed by atoms with Gasteiger partial charge in [0.2, 0.25) is 0 Å². The maximum absolute atomic E-state index is 12.2. The number of nitrogens with zero attached hydrogens (tertiary/aromatic N) is 1. The van der Waals surface area contributed by atoms with Crippen molar-refractivity contribution in [2.75, 3.05) is 12.9 Å². The molecule has 0 aromatic rings. The Kier molecular flexibility index (Phi) is 5.47. The van der Waals surface area contributed by atoms with Gasteiger partial charge in [0.05, 0.1) is 0 Å². The van der Waals surface area contributed by atoms with Gasteiger partial charge in [-0.1, -0.05) is 6.92 Å². The minimum absolute atomic E-state index is 0.0580. The van der Waals surface area contributed by atoms with E-state index in [2.05, 4.69) is 11.6 Å². The minimum Gasteiger partial charge on any atom is -0.195 e. The molecule has 108 valence electrons. The van der Waals surface area contributed by atoms with Crippen LogP contribution in [0.4, 0.5) is 0 Å². The van der Waals surface area contributed by atoms with Gasteiger partial charge in [-0.3, -0.25) is 0 Å². The molecule has 0 bridgehead atoms. The maximum atomic E-state index is 12.2. The molecular weight excluding hydrogens is 272 g/mol. The van der Waals surface area contributed by atoms with E-state index in [1.54, 1.807) is 7.05 Å². The first-order valence-corrected chi connectivity index (χ1v) is 8.53. The monoisotopic (exact) mass is 296 g/mol. The van der Waals surface area contributed by atoms with Crippen LogP contribution in [0, 0.1) is 5.92 Å². The molecule has 1 aliphatic carbocycles. The van der Waals surface area contributed by atoms with Gasteiger partial charge in [0.15, 0.2) is 0 Å². The molecule has 1 rings (SSSR count). The highest BCUT2D eigenvalue weighted by atomic mass is 35.5. The van der Waals surface area contributed by atoms with Crippen LogP contribution < -0.4 is 4.72 Å². The fourth-order valence-corrected chi connectivity index (χ4v) is 4.14. The predicted octanol–water partition coefficient (Wildman–Crippen LogP) is 2.35. The van der Waals surface area contributed by atoms with E-state index < -0.39 is 15.7 Å². The van der Waals surface area contributed by atoms with Gasteiger partial charge < -0.3 is 0 Å². The molecule has 1 N–H and O–H groups in total. The van der Waals surface area contributed by atoms with Crippen LogP contribution in [0.3, 0.4) is 0 Å². The van der Waals surface area contributed by atoms with Crippen molar-refractivity contribution < 1.29 is 8.42 Å². The van der Waals surface area contributed by atoms with Crippen LogP contribution in [-0.4, -0.2) is 37.2 Å². The molecule has 4 nitrogen and oxygen atoms in total. The highest BCUT2D eigenvalue weighted by Gasteiger charge is 2.38. The zero-order valence-electron chi connectivity index (χ0n) is 11.7. The third-order valence-electron chi connectivity index (χ3n) is 3.94. The van der Waals surface area contributed by atoms with Crippen molar-refractivity contribution in [3.8, 4) is 0 Å². The van der Waals surface area contributed by atoms with Crippen molar-refractivity contribution in [3.05, 3.63) is 0 Å². The highest BCUT2D eigenvalue weighted by molar-refractivity contribution is 7.87. The lowest BCUT2D eigenvalue weighted by Gasteiger charge is -2.39. The molecule has 0 amide bonds. The Morgan fingerprint density at radius 3 is 2.28 bits per heavy atom. The summed E-state index contributed by atoms with van der Waals surface area (Å²) in [6.07, 6.45) is 3.70. The van der Waals surface area contributed by atoms with Crippen molar-refractivity contribution >= 4 is 21.8 Å². The number of nitrogens with one attached hydrogen (secondary N) is 1. The number of alkyl halides is 1. The number of halogens is 1. The van der Waals surface area contributed by atoms with E-state index in [0.29, 0.717) is 11.8 Å². The largest absolute Gasteiger partial charge is 0.279 e. The summed E-state index contributed by atoms with van der Waals surface area (Å²) in [6, 6.07) is -0.0580.